The molecular formula is C14H22ClNO2. The largest absolute Gasteiger partial charge is 0.382 e. The topological polar surface area (TPSA) is 30.5 Å². The van der Waals surface area contributed by atoms with E-state index in [0.29, 0.717) is 19.8 Å². The molecule has 3 nitrogen and oxygen atoms in total. The molecule has 0 aliphatic heterocycles. The van der Waals surface area contributed by atoms with Gasteiger partial charge in [-0.05, 0) is 30.7 Å². The molecule has 0 aromatic heterocycles. The molecule has 1 N–H and O–H groups in total. The SMILES string of the molecule is CCNC(COCCOC)c1ccc(C)c(Cl)c1. The molecule has 18 heavy (non-hydrogen) atoms. The van der Waals surface area contributed by atoms with Gasteiger partial charge in [0.1, 0.15) is 0 Å². The Balaban J connectivity index is 2.61. The maximum absolute atomic E-state index is 6.15. The van der Waals surface area contributed by atoms with Crippen LogP contribution in [0.1, 0.15) is 24.1 Å². The first kappa shape index (κ1) is 15.4. The van der Waals surface area contributed by atoms with Crippen LogP contribution in [0.4, 0.5) is 0 Å². The van der Waals surface area contributed by atoms with Crippen LogP contribution in [0.25, 0.3) is 0 Å². The second kappa shape index (κ2) is 8.48. The Labute approximate surface area is 114 Å². The van der Waals surface area contributed by atoms with Crippen molar-refractivity contribution in [3.05, 3.63) is 34.3 Å². The Morgan fingerprint density at radius 3 is 2.72 bits per heavy atom. The maximum atomic E-state index is 6.15. The highest BCUT2D eigenvalue weighted by Gasteiger charge is 2.11. The molecule has 1 unspecified atom stereocenters. The van der Waals surface area contributed by atoms with Crippen LogP contribution in [-0.2, 0) is 9.47 Å². The number of likely N-dealkylation sites (N-methyl/N-ethyl adjacent to an activating group) is 1. The number of ether oxygens (including phenoxy) is 2. The number of aryl methyl sites for hydroxylation is 1. The average molecular weight is 272 g/mol. The Bertz CT molecular complexity index is 358. The van der Waals surface area contributed by atoms with Gasteiger partial charge in [-0.2, -0.15) is 0 Å². The van der Waals surface area contributed by atoms with E-state index in [1.54, 1.807) is 7.11 Å². The minimum atomic E-state index is 0.171. The maximum Gasteiger partial charge on any atom is 0.0701 e. The zero-order valence-electron chi connectivity index (χ0n) is 11.3. The van der Waals surface area contributed by atoms with Gasteiger partial charge in [-0.1, -0.05) is 30.7 Å². The van der Waals surface area contributed by atoms with E-state index in [0.717, 1.165) is 22.7 Å². The van der Waals surface area contributed by atoms with Gasteiger partial charge in [0.2, 0.25) is 0 Å². The van der Waals surface area contributed by atoms with Crippen LogP contribution in [0.3, 0.4) is 0 Å². The molecule has 0 aliphatic carbocycles. The monoisotopic (exact) mass is 271 g/mol. The number of nitrogens with one attached hydrogen (secondary N) is 1. The van der Waals surface area contributed by atoms with Crippen molar-refractivity contribution in [2.75, 3.05) is 33.5 Å². The van der Waals surface area contributed by atoms with Gasteiger partial charge in [-0.25, -0.2) is 0 Å². The summed E-state index contributed by atoms with van der Waals surface area (Å²) in [6, 6.07) is 6.31. The number of benzene rings is 1. The molecule has 1 rings (SSSR count). The van der Waals surface area contributed by atoms with E-state index >= 15 is 0 Å². The zero-order valence-corrected chi connectivity index (χ0v) is 12.1. The molecule has 0 fully saturated rings. The molecule has 1 aromatic carbocycles. The summed E-state index contributed by atoms with van der Waals surface area (Å²) in [5, 5.41) is 4.20. The summed E-state index contributed by atoms with van der Waals surface area (Å²) in [5.41, 5.74) is 2.25. The first-order valence-corrected chi connectivity index (χ1v) is 6.63. The van der Waals surface area contributed by atoms with Crippen LogP contribution in [0.2, 0.25) is 5.02 Å². The van der Waals surface area contributed by atoms with Gasteiger partial charge in [-0.3, -0.25) is 0 Å². The summed E-state index contributed by atoms with van der Waals surface area (Å²) in [6.45, 7) is 6.83. The third-order valence-electron chi connectivity index (χ3n) is 2.77. The molecule has 0 spiro atoms. The number of rotatable bonds is 8. The van der Waals surface area contributed by atoms with Gasteiger partial charge < -0.3 is 14.8 Å². The molecule has 4 heteroatoms. The minimum absolute atomic E-state index is 0.171. The standard InChI is InChI=1S/C14H22ClNO2/c1-4-16-14(10-18-8-7-17-3)12-6-5-11(2)13(15)9-12/h5-6,9,14,16H,4,7-8,10H2,1-3H3. The fourth-order valence-electron chi connectivity index (χ4n) is 1.69. The number of hydrogen-bond donors (Lipinski definition) is 1. The van der Waals surface area contributed by atoms with Crippen molar-refractivity contribution in [3.8, 4) is 0 Å². The normalized spacial score (nSPS) is 12.7. The van der Waals surface area contributed by atoms with Crippen LogP contribution in [0, 0.1) is 6.92 Å². The summed E-state index contributed by atoms with van der Waals surface area (Å²) in [7, 11) is 1.67. The predicted octanol–water partition coefficient (Wildman–Crippen LogP) is 2.96. The molecule has 0 aliphatic rings. The molecule has 0 amide bonds. The second-order valence-electron chi connectivity index (χ2n) is 4.19. The molecule has 0 saturated carbocycles. The fourth-order valence-corrected chi connectivity index (χ4v) is 1.88. The van der Waals surface area contributed by atoms with Gasteiger partial charge in [0.25, 0.3) is 0 Å². The molecule has 102 valence electrons. The Morgan fingerprint density at radius 2 is 2.11 bits per heavy atom. The minimum Gasteiger partial charge on any atom is -0.382 e. The highest BCUT2D eigenvalue weighted by molar-refractivity contribution is 6.31. The lowest BCUT2D eigenvalue weighted by Gasteiger charge is -2.19. The van der Waals surface area contributed by atoms with Crippen molar-refractivity contribution in [2.24, 2.45) is 0 Å². The molecular weight excluding hydrogens is 250 g/mol. The Kier molecular flexibility index (Phi) is 7.28. The van der Waals surface area contributed by atoms with E-state index in [2.05, 4.69) is 18.3 Å². The van der Waals surface area contributed by atoms with Gasteiger partial charge in [-0.15, -0.1) is 0 Å². The van der Waals surface area contributed by atoms with Crippen molar-refractivity contribution < 1.29 is 9.47 Å². The van der Waals surface area contributed by atoms with Crippen LogP contribution >= 0.6 is 11.6 Å². The highest BCUT2D eigenvalue weighted by Crippen LogP contribution is 2.21. The molecule has 1 atom stereocenters. The van der Waals surface area contributed by atoms with Crippen molar-refractivity contribution >= 4 is 11.6 Å². The third kappa shape index (κ3) is 4.94. The van der Waals surface area contributed by atoms with E-state index in [4.69, 9.17) is 21.1 Å². The summed E-state index contributed by atoms with van der Waals surface area (Å²) in [5.74, 6) is 0. The van der Waals surface area contributed by atoms with Crippen LogP contribution in [0.5, 0.6) is 0 Å². The van der Waals surface area contributed by atoms with Crippen LogP contribution in [0.15, 0.2) is 18.2 Å². The third-order valence-corrected chi connectivity index (χ3v) is 3.17. The first-order chi connectivity index (χ1) is 8.69. The Morgan fingerprint density at radius 1 is 1.33 bits per heavy atom. The van der Waals surface area contributed by atoms with Gasteiger partial charge in [0.05, 0.1) is 25.9 Å². The van der Waals surface area contributed by atoms with Gasteiger partial charge >= 0.3 is 0 Å². The molecule has 1 aromatic rings. The number of halogens is 1. The number of methoxy groups -OCH3 is 1. The van der Waals surface area contributed by atoms with Crippen LogP contribution < -0.4 is 5.32 Å². The predicted molar refractivity (Wildman–Crippen MR) is 75.3 cm³/mol. The lowest BCUT2D eigenvalue weighted by molar-refractivity contribution is 0.0588. The van der Waals surface area contributed by atoms with Crippen LogP contribution in [-0.4, -0.2) is 33.5 Å². The van der Waals surface area contributed by atoms with Crippen molar-refractivity contribution in [1.29, 1.82) is 0 Å². The zero-order chi connectivity index (χ0) is 13.4. The van der Waals surface area contributed by atoms with Crippen molar-refractivity contribution in [2.45, 2.75) is 19.9 Å². The lowest BCUT2D eigenvalue weighted by atomic mass is 10.1. The summed E-state index contributed by atoms with van der Waals surface area (Å²) in [6.07, 6.45) is 0. The van der Waals surface area contributed by atoms with Crippen molar-refractivity contribution in [3.63, 3.8) is 0 Å². The average Bonchev–Trinajstić information content (AvgIpc) is 2.37. The molecule has 0 saturated heterocycles. The molecule has 0 heterocycles. The van der Waals surface area contributed by atoms with E-state index < -0.39 is 0 Å². The van der Waals surface area contributed by atoms with Gasteiger partial charge in [0, 0.05) is 12.1 Å². The summed E-state index contributed by atoms with van der Waals surface area (Å²) in [4.78, 5) is 0. The smallest absolute Gasteiger partial charge is 0.0701 e. The summed E-state index contributed by atoms with van der Waals surface area (Å²) < 4.78 is 10.5. The number of hydrogen-bond acceptors (Lipinski definition) is 3. The quantitative estimate of drug-likeness (QED) is 0.738. The highest BCUT2D eigenvalue weighted by atomic mass is 35.5. The summed E-state index contributed by atoms with van der Waals surface area (Å²) >= 11 is 6.15. The Hall–Kier alpha value is -0.610. The second-order valence-corrected chi connectivity index (χ2v) is 4.59. The van der Waals surface area contributed by atoms with Crippen molar-refractivity contribution in [1.82, 2.24) is 5.32 Å². The van der Waals surface area contributed by atoms with E-state index in [-0.39, 0.29) is 6.04 Å². The van der Waals surface area contributed by atoms with E-state index in [9.17, 15) is 0 Å². The molecule has 0 radical (unpaired) electrons. The molecule has 0 bridgehead atoms. The van der Waals surface area contributed by atoms with E-state index in [1.807, 2.05) is 19.1 Å². The fraction of sp³-hybridized carbons (Fsp3) is 0.571. The lowest BCUT2D eigenvalue weighted by Crippen LogP contribution is -2.26. The van der Waals surface area contributed by atoms with E-state index in [1.165, 1.54) is 0 Å². The first-order valence-electron chi connectivity index (χ1n) is 6.25. The van der Waals surface area contributed by atoms with Gasteiger partial charge in [0.15, 0.2) is 0 Å².